The summed E-state index contributed by atoms with van der Waals surface area (Å²) in [7, 11) is -3.20. The van der Waals surface area contributed by atoms with E-state index in [9.17, 15) is 13.2 Å². The van der Waals surface area contributed by atoms with Crippen molar-refractivity contribution in [2.75, 3.05) is 25.9 Å². The van der Waals surface area contributed by atoms with E-state index in [0.29, 0.717) is 13.1 Å². The fourth-order valence-electron chi connectivity index (χ4n) is 3.70. The monoisotopic (exact) mass is 371 g/mol. The first-order valence-corrected chi connectivity index (χ1v) is 11.2. The van der Waals surface area contributed by atoms with Gasteiger partial charge in [-0.3, -0.25) is 0 Å². The summed E-state index contributed by atoms with van der Waals surface area (Å²) in [6.45, 7) is 3.74. The van der Waals surface area contributed by atoms with E-state index in [1.807, 2.05) is 4.90 Å². The molecule has 0 spiro atoms. The average Bonchev–Trinajstić information content (AvgIpc) is 3.01. The van der Waals surface area contributed by atoms with Gasteiger partial charge < -0.3 is 10.2 Å². The van der Waals surface area contributed by atoms with Gasteiger partial charge in [-0.15, -0.1) is 11.3 Å². The van der Waals surface area contributed by atoms with Crippen LogP contribution in [0.2, 0.25) is 0 Å². The zero-order valence-corrected chi connectivity index (χ0v) is 15.8. The zero-order chi connectivity index (χ0) is 17.3. The van der Waals surface area contributed by atoms with Gasteiger partial charge in [-0.2, -0.15) is 0 Å². The van der Waals surface area contributed by atoms with Crippen LogP contribution in [-0.4, -0.2) is 55.6 Å². The number of thiophene rings is 1. The third-order valence-corrected chi connectivity index (χ3v) is 7.19. The van der Waals surface area contributed by atoms with Gasteiger partial charge >= 0.3 is 6.03 Å². The molecule has 1 N–H and O–H groups in total. The maximum atomic E-state index is 12.8. The Hall–Kier alpha value is -1.12. The van der Waals surface area contributed by atoms with Crippen LogP contribution in [0.1, 0.15) is 42.7 Å². The fourth-order valence-corrected chi connectivity index (χ4v) is 5.54. The number of amides is 2. The molecule has 3 rings (SSSR count). The van der Waals surface area contributed by atoms with Crippen molar-refractivity contribution >= 4 is 27.4 Å². The molecule has 3 heterocycles. The number of nitrogens with one attached hydrogen (secondary N) is 1. The van der Waals surface area contributed by atoms with Crippen LogP contribution in [0.25, 0.3) is 0 Å². The quantitative estimate of drug-likeness (QED) is 0.885. The number of hydrogen-bond acceptors (Lipinski definition) is 4. The number of rotatable bonds is 3. The average molecular weight is 372 g/mol. The van der Waals surface area contributed by atoms with Crippen LogP contribution in [0.5, 0.6) is 0 Å². The van der Waals surface area contributed by atoms with E-state index >= 15 is 0 Å². The summed E-state index contributed by atoms with van der Waals surface area (Å²) in [5.74, 6) is 0. The van der Waals surface area contributed by atoms with E-state index in [1.54, 1.807) is 11.3 Å². The van der Waals surface area contributed by atoms with E-state index in [0.717, 1.165) is 32.2 Å². The molecule has 1 saturated heterocycles. The third kappa shape index (κ3) is 3.60. The van der Waals surface area contributed by atoms with Crippen molar-refractivity contribution in [2.24, 2.45) is 0 Å². The number of carbonyl (C=O) groups excluding carboxylic acids is 1. The van der Waals surface area contributed by atoms with Gasteiger partial charge in [-0.1, -0.05) is 6.92 Å². The van der Waals surface area contributed by atoms with Gasteiger partial charge in [0.1, 0.15) is 0 Å². The highest BCUT2D eigenvalue weighted by atomic mass is 32.2. The number of carbonyl (C=O) groups is 1. The smallest absolute Gasteiger partial charge is 0.318 e. The third-order valence-electron chi connectivity index (χ3n) is 4.92. The molecular weight excluding hydrogens is 346 g/mol. The molecule has 6 nitrogen and oxygen atoms in total. The van der Waals surface area contributed by atoms with Crippen molar-refractivity contribution in [1.82, 2.24) is 14.5 Å². The predicted octanol–water partition coefficient (Wildman–Crippen LogP) is 2.19. The molecule has 2 amide bonds. The van der Waals surface area contributed by atoms with Crippen molar-refractivity contribution in [3.63, 3.8) is 0 Å². The van der Waals surface area contributed by atoms with Crippen LogP contribution in [0, 0.1) is 0 Å². The SMILES string of the molecule is CCC1c2ccsc2CCN1C(=O)NC1CCCN(S(C)(=O)=O)C1. The van der Waals surface area contributed by atoms with Crippen LogP contribution < -0.4 is 5.32 Å². The number of fused-ring (bicyclic) bond motifs is 1. The lowest BCUT2D eigenvalue weighted by molar-refractivity contribution is 0.159. The van der Waals surface area contributed by atoms with E-state index in [1.165, 1.54) is 21.0 Å². The summed E-state index contributed by atoms with van der Waals surface area (Å²) in [5.41, 5.74) is 1.27. The normalized spacial score (nSPS) is 25.3. The molecule has 2 aliphatic rings. The van der Waals surface area contributed by atoms with Gasteiger partial charge in [0.2, 0.25) is 10.0 Å². The number of nitrogens with zero attached hydrogens (tertiary/aromatic N) is 2. The first-order chi connectivity index (χ1) is 11.4. The maximum Gasteiger partial charge on any atom is 0.318 e. The second-order valence-electron chi connectivity index (χ2n) is 6.58. The molecule has 0 aromatic carbocycles. The molecule has 0 radical (unpaired) electrons. The van der Waals surface area contributed by atoms with Gasteiger partial charge in [0.05, 0.1) is 12.3 Å². The minimum atomic E-state index is -3.20. The van der Waals surface area contributed by atoms with Crippen LogP contribution >= 0.6 is 11.3 Å². The van der Waals surface area contributed by atoms with Crippen molar-refractivity contribution in [3.8, 4) is 0 Å². The highest BCUT2D eigenvalue weighted by Crippen LogP contribution is 2.35. The lowest BCUT2D eigenvalue weighted by Gasteiger charge is -2.38. The summed E-state index contributed by atoms with van der Waals surface area (Å²) in [6, 6.07) is 2.07. The van der Waals surface area contributed by atoms with Gasteiger partial charge in [0.15, 0.2) is 0 Å². The second kappa shape index (κ2) is 7.01. The Kier molecular flexibility index (Phi) is 5.17. The molecule has 2 aliphatic heterocycles. The molecule has 2 atom stereocenters. The molecule has 1 fully saturated rings. The zero-order valence-electron chi connectivity index (χ0n) is 14.2. The van der Waals surface area contributed by atoms with Crippen LogP contribution in [0.15, 0.2) is 11.4 Å². The maximum absolute atomic E-state index is 12.8. The Morgan fingerprint density at radius 3 is 2.92 bits per heavy atom. The molecule has 1 aromatic heterocycles. The van der Waals surface area contributed by atoms with Crippen molar-refractivity contribution in [3.05, 3.63) is 21.9 Å². The van der Waals surface area contributed by atoms with Gasteiger partial charge in [0.25, 0.3) is 0 Å². The fraction of sp³-hybridized carbons (Fsp3) is 0.688. The van der Waals surface area contributed by atoms with E-state index in [-0.39, 0.29) is 18.1 Å². The van der Waals surface area contributed by atoms with Crippen LogP contribution in [0.3, 0.4) is 0 Å². The number of sulfonamides is 1. The topological polar surface area (TPSA) is 69.7 Å². The Balaban J connectivity index is 1.67. The van der Waals surface area contributed by atoms with Gasteiger partial charge in [-0.25, -0.2) is 17.5 Å². The Bertz CT molecular complexity index is 701. The first-order valence-electron chi connectivity index (χ1n) is 8.48. The number of piperidine rings is 1. The molecule has 24 heavy (non-hydrogen) atoms. The molecule has 1 aromatic rings. The van der Waals surface area contributed by atoms with Crippen molar-refractivity contribution < 1.29 is 13.2 Å². The van der Waals surface area contributed by atoms with E-state index < -0.39 is 10.0 Å². The molecule has 0 bridgehead atoms. The summed E-state index contributed by atoms with van der Waals surface area (Å²) in [4.78, 5) is 16.1. The Morgan fingerprint density at radius 2 is 2.21 bits per heavy atom. The molecule has 2 unspecified atom stereocenters. The molecule has 0 saturated carbocycles. The predicted molar refractivity (Wildman–Crippen MR) is 95.7 cm³/mol. The van der Waals surface area contributed by atoms with Gasteiger partial charge in [-0.05, 0) is 42.7 Å². The van der Waals surface area contributed by atoms with Crippen molar-refractivity contribution in [1.29, 1.82) is 0 Å². The molecule has 134 valence electrons. The highest BCUT2D eigenvalue weighted by molar-refractivity contribution is 7.88. The molecule has 8 heteroatoms. The van der Waals surface area contributed by atoms with E-state index in [4.69, 9.17) is 0 Å². The van der Waals surface area contributed by atoms with Crippen LogP contribution in [-0.2, 0) is 16.4 Å². The Labute approximate surface area is 147 Å². The number of urea groups is 1. The minimum Gasteiger partial charge on any atom is -0.334 e. The van der Waals surface area contributed by atoms with Crippen LogP contribution in [0.4, 0.5) is 4.79 Å². The first kappa shape index (κ1) is 17.7. The summed E-state index contributed by atoms with van der Waals surface area (Å²) >= 11 is 1.77. The minimum absolute atomic E-state index is 0.0703. The van der Waals surface area contributed by atoms with Crippen molar-refractivity contribution in [2.45, 2.75) is 44.7 Å². The summed E-state index contributed by atoms with van der Waals surface area (Å²) in [6.07, 6.45) is 4.62. The van der Waals surface area contributed by atoms with Gasteiger partial charge in [0, 0.05) is 30.6 Å². The molecule has 0 aliphatic carbocycles. The second-order valence-corrected chi connectivity index (χ2v) is 9.56. The lowest BCUT2D eigenvalue weighted by Crippen LogP contribution is -2.53. The number of hydrogen-bond donors (Lipinski definition) is 1. The standard InChI is InChI=1S/C16H25N3O3S2/c1-3-14-13-7-10-23-15(13)6-9-19(14)16(20)17-12-5-4-8-18(11-12)24(2,21)22/h7,10,12,14H,3-6,8-9,11H2,1-2H3,(H,17,20). The van der Waals surface area contributed by atoms with E-state index in [2.05, 4.69) is 23.7 Å². The largest absolute Gasteiger partial charge is 0.334 e. The Morgan fingerprint density at radius 1 is 1.42 bits per heavy atom. The highest BCUT2D eigenvalue weighted by Gasteiger charge is 2.33. The lowest BCUT2D eigenvalue weighted by atomic mass is 9.98. The molecular formula is C16H25N3O3S2. The summed E-state index contributed by atoms with van der Waals surface area (Å²) in [5, 5.41) is 5.16. The summed E-state index contributed by atoms with van der Waals surface area (Å²) < 4.78 is 24.9.